The maximum absolute atomic E-state index is 5.67. The predicted molar refractivity (Wildman–Crippen MR) is 66.6 cm³/mol. The van der Waals surface area contributed by atoms with Crippen LogP contribution in [0.1, 0.15) is 18.6 Å². The molecule has 0 aromatic heterocycles. The van der Waals surface area contributed by atoms with Crippen LogP contribution in [0.25, 0.3) is 0 Å². The van der Waals surface area contributed by atoms with E-state index < -0.39 is 0 Å². The van der Waals surface area contributed by atoms with Gasteiger partial charge in [0.25, 0.3) is 0 Å². The summed E-state index contributed by atoms with van der Waals surface area (Å²) < 4.78 is 5.67. The average molecular weight is 229 g/mol. The second-order valence-electron chi connectivity index (χ2n) is 3.76. The zero-order valence-electron chi connectivity index (χ0n) is 9.67. The molecule has 2 rings (SSSR count). The van der Waals surface area contributed by atoms with E-state index in [2.05, 4.69) is 0 Å². The Morgan fingerprint density at radius 3 is 2.06 bits per heavy atom. The minimum absolute atomic E-state index is 0.110. The summed E-state index contributed by atoms with van der Waals surface area (Å²) >= 11 is 0. The Morgan fingerprint density at radius 1 is 0.882 bits per heavy atom. The molecule has 2 aromatic rings. The van der Waals surface area contributed by atoms with E-state index in [9.17, 15) is 0 Å². The summed E-state index contributed by atoms with van der Waals surface area (Å²) in [6.45, 7) is 1.90. The number of para-hydroxylation sites is 1. The van der Waals surface area contributed by atoms with E-state index in [0.717, 1.165) is 17.1 Å². The van der Waals surface area contributed by atoms with Crippen LogP contribution in [0.2, 0.25) is 0 Å². The molecule has 0 saturated carbocycles. The van der Waals surface area contributed by atoms with Gasteiger partial charge in [-0.05, 0) is 36.8 Å². The van der Waals surface area contributed by atoms with Crippen molar-refractivity contribution in [1.29, 1.82) is 0 Å². The molecule has 88 valence electrons. The lowest BCUT2D eigenvalue weighted by molar-refractivity contribution is 0.0664. The highest BCUT2D eigenvalue weighted by Gasteiger charge is 2.04. The summed E-state index contributed by atoms with van der Waals surface area (Å²) in [4.78, 5) is 4.75. The molecule has 0 aliphatic heterocycles. The summed E-state index contributed by atoms with van der Waals surface area (Å²) in [6.07, 6.45) is -0.110. The molecule has 0 aliphatic carbocycles. The van der Waals surface area contributed by atoms with Gasteiger partial charge in [-0.1, -0.05) is 30.3 Å². The summed E-state index contributed by atoms with van der Waals surface area (Å²) in [5.41, 5.74) is 1.02. The Hall–Kier alpha value is -1.84. The smallest absolute Gasteiger partial charge is 0.127 e. The molecule has 0 spiro atoms. The molecule has 0 radical (unpaired) electrons. The lowest BCUT2D eigenvalue weighted by Crippen LogP contribution is -2.04. The average Bonchev–Trinajstić information content (AvgIpc) is 2.40. The molecule has 0 saturated heterocycles. The van der Waals surface area contributed by atoms with Gasteiger partial charge in [-0.25, -0.2) is 5.90 Å². The van der Waals surface area contributed by atoms with Gasteiger partial charge in [0.1, 0.15) is 17.6 Å². The van der Waals surface area contributed by atoms with Gasteiger partial charge in [-0.2, -0.15) is 0 Å². The first-order valence-corrected chi connectivity index (χ1v) is 5.48. The van der Waals surface area contributed by atoms with Crippen LogP contribution in [0, 0.1) is 0 Å². The fourth-order valence-corrected chi connectivity index (χ4v) is 1.51. The van der Waals surface area contributed by atoms with Crippen LogP contribution in [0.4, 0.5) is 0 Å². The van der Waals surface area contributed by atoms with Gasteiger partial charge in [0.05, 0.1) is 0 Å². The Morgan fingerprint density at radius 2 is 1.47 bits per heavy atom. The molecule has 17 heavy (non-hydrogen) atoms. The topological polar surface area (TPSA) is 44.5 Å². The molecular weight excluding hydrogens is 214 g/mol. The lowest BCUT2D eigenvalue weighted by Gasteiger charge is -2.10. The number of hydrogen-bond donors (Lipinski definition) is 1. The molecule has 2 N–H and O–H groups in total. The van der Waals surface area contributed by atoms with E-state index in [1.165, 1.54) is 0 Å². The quantitative estimate of drug-likeness (QED) is 0.817. The van der Waals surface area contributed by atoms with E-state index in [-0.39, 0.29) is 6.10 Å². The Bertz CT molecular complexity index is 453. The fraction of sp³-hybridized carbons (Fsp3) is 0.143. The Balaban J connectivity index is 2.08. The first kappa shape index (κ1) is 11.6. The largest absolute Gasteiger partial charge is 0.457 e. The summed E-state index contributed by atoms with van der Waals surface area (Å²) in [7, 11) is 0. The normalized spacial score (nSPS) is 12.1. The van der Waals surface area contributed by atoms with Crippen LogP contribution in [0.15, 0.2) is 54.6 Å². The van der Waals surface area contributed by atoms with Crippen molar-refractivity contribution in [2.75, 3.05) is 0 Å². The summed E-state index contributed by atoms with van der Waals surface area (Å²) in [6, 6.07) is 17.3. The van der Waals surface area contributed by atoms with Gasteiger partial charge in [0.15, 0.2) is 0 Å². The van der Waals surface area contributed by atoms with Crippen molar-refractivity contribution in [3.05, 3.63) is 60.2 Å². The predicted octanol–water partition coefficient (Wildman–Crippen LogP) is 3.43. The van der Waals surface area contributed by atoms with E-state index in [0.29, 0.717) is 0 Å². The van der Waals surface area contributed by atoms with Gasteiger partial charge in [0.2, 0.25) is 0 Å². The van der Waals surface area contributed by atoms with E-state index in [1.807, 2.05) is 61.5 Å². The molecule has 0 bridgehead atoms. The lowest BCUT2D eigenvalue weighted by atomic mass is 10.1. The van der Waals surface area contributed by atoms with Gasteiger partial charge in [0, 0.05) is 0 Å². The molecule has 0 aliphatic rings. The van der Waals surface area contributed by atoms with Crippen LogP contribution in [0.5, 0.6) is 11.5 Å². The van der Waals surface area contributed by atoms with Crippen LogP contribution >= 0.6 is 0 Å². The van der Waals surface area contributed by atoms with Crippen molar-refractivity contribution in [2.45, 2.75) is 13.0 Å². The SMILES string of the molecule is CC(ON)c1ccc(Oc2ccccc2)cc1. The second kappa shape index (κ2) is 5.48. The maximum atomic E-state index is 5.67. The molecule has 0 heterocycles. The molecule has 0 amide bonds. The van der Waals surface area contributed by atoms with E-state index in [1.54, 1.807) is 0 Å². The number of nitrogens with two attached hydrogens (primary N) is 1. The highest BCUT2D eigenvalue weighted by Crippen LogP contribution is 2.23. The van der Waals surface area contributed by atoms with E-state index in [4.69, 9.17) is 15.5 Å². The van der Waals surface area contributed by atoms with Crippen molar-refractivity contribution in [1.82, 2.24) is 0 Å². The summed E-state index contributed by atoms with van der Waals surface area (Å²) in [5.74, 6) is 6.75. The molecule has 3 heteroatoms. The van der Waals surface area contributed by atoms with Gasteiger partial charge < -0.3 is 4.74 Å². The minimum atomic E-state index is -0.110. The van der Waals surface area contributed by atoms with Crippen molar-refractivity contribution in [3.63, 3.8) is 0 Å². The van der Waals surface area contributed by atoms with Crippen LogP contribution in [-0.4, -0.2) is 0 Å². The zero-order valence-corrected chi connectivity index (χ0v) is 9.67. The first-order valence-electron chi connectivity index (χ1n) is 5.48. The maximum Gasteiger partial charge on any atom is 0.127 e. The zero-order chi connectivity index (χ0) is 12.1. The van der Waals surface area contributed by atoms with Crippen molar-refractivity contribution in [3.8, 4) is 11.5 Å². The number of rotatable bonds is 4. The molecule has 1 atom stereocenters. The van der Waals surface area contributed by atoms with Crippen LogP contribution < -0.4 is 10.6 Å². The molecule has 3 nitrogen and oxygen atoms in total. The Kier molecular flexibility index (Phi) is 3.75. The monoisotopic (exact) mass is 229 g/mol. The molecule has 1 unspecified atom stereocenters. The Labute approximate surface area is 101 Å². The number of benzene rings is 2. The van der Waals surface area contributed by atoms with Crippen LogP contribution in [-0.2, 0) is 4.84 Å². The molecule has 0 fully saturated rings. The highest BCUT2D eigenvalue weighted by atomic mass is 16.6. The number of hydrogen-bond acceptors (Lipinski definition) is 3. The van der Waals surface area contributed by atoms with Gasteiger partial charge >= 0.3 is 0 Å². The molecular formula is C14H15NO2. The highest BCUT2D eigenvalue weighted by molar-refractivity contribution is 5.33. The van der Waals surface area contributed by atoms with Gasteiger partial charge in [-0.3, -0.25) is 4.84 Å². The third-order valence-electron chi connectivity index (χ3n) is 2.53. The van der Waals surface area contributed by atoms with Crippen molar-refractivity contribution < 1.29 is 9.57 Å². The summed E-state index contributed by atoms with van der Waals surface area (Å²) in [5, 5.41) is 0. The first-order chi connectivity index (χ1) is 8.29. The fourth-order valence-electron chi connectivity index (χ4n) is 1.51. The second-order valence-corrected chi connectivity index (χ2v) is 3.76. The molecule has 2 aromatic carbocycles. The van der Waals surface area contributed by atoms with Gasteiger partial charge in [-0.15, -0.1) is 0 Å². The number of ether oxygens (including phenoxy) is 1. The van der Waals surface area contributed by atoms with E-state index >= 15 is 0 Å². The standard InChI is InChI=1S/C14H15NO2/c1-11(17-15)12-7-9-14(10-8-12)16-13-5-3-2-4-6-13/h2-11H,15H2,1H3. The third kappa shape index (κ3) is 3.06. The third-order valence-corrected chi connectivity index (χ3v) is 2.53. The minimum Gasteiger partial charge on any atom is -0.457 e. The van der Waals surface area contributed by atoms with Crippen molar-refractivity contribution >= 4 is 0 Å². The van der Waals surface area contributed by atoms with Crippen LogP contribution in [0.3, 0.4) is 0 Å². The van der Waals surface area contributed by atoms with Crippen molar-refractivity contribution in [2.24, 2.45) is 5.90 Å².